The van der Waals surface area contributed by atoms with Crippen LogP contribution in [-0.2, 0) is 4.79 Å². The number of carbonyl (C=O) groups excluding carboxylic acids is 1. The first kappa shape index (κ1) is 14.5. The summed E-state index contributed by atoms with van der Waals surface area (Å²) in [5.41, 5.74) is 2.59. The van der Waals surface area contributed by atoms with Gasteiger partial charge in [-0.05, 0) is 38.8 Å². The van der Waals surface area contributed by atoms with E-state index in [1.807, 2.05) is 38.1 Å². The van der Waals surface area contributed by atoms with E-state index in [0.29, 0.717) is 5.82 Å². The van der Waals surface area contributed by atoms with Crippen molar-refractivity contribution in [1.29, 1.82) is 0 Å². The minimum atomic E-state index is -0.162. The van der Waals surface area contributed by atoms with E-state index in [4.69, 9.17) is 4.98 Å². The molecule has 22 heavy (non-hydrogen) atoms. The molecule has 0 unspecified atom stereocenters. The average Bonchev–Trinajstić information content (AvgIpc) is 2.99. The summed E-state index contributed by atoms with van der Waals surface area (Å²) in [5, 5.41) is 2.88. The van der Waals surface area contributed by atoms with Crippen LogP contribution in [0.1, 0.15) is 26.7 Å². The van der Waals surface area contributed by atoms with Gasteiger partial charge in [0.2, 0.25) is 5.91 Å². The molecule has 1 N–H and O–H groups in total. The molecule has 3 rings (SSSR count). The van der Waals surface area contributed by atoms with Gasteiger partial charge in [-0.25, -0.2) is 9.97 Å². The first-order chi connectivity index (χ1) is 10.6. The molecule has 1 fully saturated rings. The Morgan fingerprint density at radius 2 is 1.77 bits per heavy atom. The van der Waals surface area contributed by atoms with E-state index in [0.717, 1.165) is 48.4 Å². The van der Waals surface area contributed by atoms with Crippen molar-refractivity contribution < 1.29 is 4.79 Å². The van der Waals surface area contributed by atoms with Crippen LogP contribution in [0.3, 0.4) is 0 Å². The van der Waals surface area contributed by atoms with Gasteiger partial charge >= 0.3 is 0 Å². The Labute approximate surface area is 130 Å². The Hall–Kier alpha value is -2.43. The normalized spacial score (nSPS) is 14.2. The Kier molecular flexibility index (Phi) is 4.04. The van der Waals surface area contributed by atoms with Crippen LogP contribution in [0, 0.1) is 0 Å². The van der Waals surface area contributed by atoms with E-state index in [2.05, 4.69) is 15.2 Å². The molecule has 1 saturated heterocycles. The lowest BCUT2D eigenvalue weighted by Crippen LogP contribution is -2.23. The first-order valence-corrected chi connectivity index (χ1v) is 7.61. The highest BCUT2D eigenvalue weighted by Crippen LogP contribution is 2.27. The number of amides is 1. The third kappa shape index (κ3) is 3.08. The minimum Gasteiger partial charge on any atom is -0.354 e. The highest BCUT2D eigenvalue weighted by atomic mass is 16.1. The maximum absolute atomic E-state index is 12.1. The van der Waals surface area contributed by atoms with Gasteiger partial charge in [0.15, 0.2) is 11.6 Å². The molecular weight excluding hydrogens is 276 g/mol. The van der Waals surface area contributed by atoms with Gasteiger partial charge in [0, 0.05) is 19.2 Å². The lowest BCUT2D eigenvalue weighted by molar-refractivity contribution is -0.112. The first-order valence-electron chi connectivity index (χ1n) is 7.61. The largest absolute Gasteiger partial charge is 0.354 e. The van der Waals surface area contributed by atoms with Crippen molar-refractivity contribution >= 4 is 28.6 Å². The van der Waals surface area contributed by atoms with Gasteiger partial charge in [-0.15, -0.1) is 0 Å². The molecule has 2 aromatic rings. The molecule has 1 aromatic heterocycles. The molecule has 1 aliphatic heterocycles. The van der Waals surface area contributed by atoms with E-state index in [1.54, 1.807) is 6.08 Å². The van der Waals surface area contributed by atoms with Crippen molar-refractivity contribution in [3.05, 3.63) is 35.9 Å². The van der Waals surface area contributed by atoms with Crippen LogP contribution in [0.4, 0.5) is 11.6 Å². The summed E-state index contributed by atoms with van der Waals surface area (Å²) in [4.78, 5) is 23.6. The van der Waals surface area contributed by atoms with Crippen molar-refractivity contribution in [3.8, 4) is 0 Å². The SMILES string of the molecule is CC(C)=CC(=O)Nc1nc2ccccc2nc1N1CCCC1. The lowest BCUT2D eigenvalue weighted by Gasteiger charge is -2.19. The van der Waals surface area contributed by atoms with Gasteiger partial charge in [-0.1, -0.05) is 17.7 Å². The fourth-order valence-electron chi connectivity index (χ4n) is 2.64. The summed E-state index contributed by atoms with van der Waals surface area (Å²) >= 11 is 0. The van der Waals surface area contributed by atoms with Crippen LogP contribution in [0.5, 0.6) is 0 Å². The molecule has 0 bridgehead atoms. The second-order valence-electron chi connectivity index (χ2n) is 5.79. The summed E-state index contributed by atoms with van der Waals surface area (Å²) in [6.07, 6.45) is 3.87. The summed E-state index contributed by atoms with van der Waals surface area (Å²) in [5.74, 6) is 1.15. The molecule has 1 aromatic carbocycles. The zero-order chi connectivity index (χ0) is 15.5. The summed E-state index contributed by atoms with van der Waals surface area (Å²) in [7, 11) is 0. The van der Waals surface area contributed by atoms with Crippen LogP contribution in [0.15, 0.2) is 35.9 Å². The quantitative estimate of drug-likeness (QED) is 0.884. The summed E-state index contributed by atoms with van der Waals surface area (Å²) in [6, 6.07) is 7.73. The number of allylic oxidation sites excluding steroid dienone is 1. The monoisotopic (exact) mass is 296 g/mol. The topological polar surface area (TPSA) is 58.1 Å². The van der Waals surface area contributed by atoms with E-state index in [1.165, 1.54) is 0 Å². The Morgan fingerprint density at radius 3 is 2.41 bits per heavy atom. The number of nitrogens with one attached hydrogen (secondary N) is 1. The molecule has 2 heterocycles. The van der Waals surface area contributed by atoms with Gasteiger partial charge in [0.05, 0.1) is 11.0 Å². The molecule has 0 atom stereocenters. The molecule has 114 valence electrons. The molecule has 0 aliphatic carbocycles. The lowest BCUT2D eigenvalue weighted by atomic mass is 10.3. The highest BCUT2D eigenvalue weighted by molar-refractivity contribution is 6.01. The molecule has 0 radical (unpaired) electrons. The summed E-state index contributed by atoms with van der Waals surface area (Å²) in [6.45, 7) is 5.71. The van der Waals surface area contributed by atoms with E-state index >= 15 is 0 Å². The number of aromatic nitrogens is 2. The average molecular weight is 296 g/mol. The van der Waals surface area contributed by atoms with Crippen LogP contribution in [0.25, 0.3) is 11.0 Å². The minimum absolute atomic E-state index is 0.162. The molecular formula is C17H20N4O. The Bertz CT molecular complexity index is 729. The van der Waals surface area contributed by atoms with E-state index < -0.39 is 0 Å². The number of para-hydroxylation sites is 2. The predicted molar refractivity (Wildman–Crippen MR) is 89.0 cm³/mol. The molecule has 1 aliphatic rings. The maximum atomic E-state index is 12.1. The molecule has 1 amide bonds. The highest BCUT2D eigenvalue weighted by Gasteiger charge is 2.20. The standard InChI is InChI=1S/C17H20N4O/c1-12(2)11-15(22)20-16-17(21-9-5-6-10-21)19-14-8-4-3-7-13(14)18-16/h3-4,7-8,11H,5-6,9-10H2,1-2H3,(H,18,20,22). The number of hydrogen-bond donors (Lipinski definition) is 1. The second-order valence-corrected chi connectivity index (χ2v) is 5.79. The van der Waals surface area contributed by atoms with Crippen molar-refractivity contribution in [2.24, 2.45) is 0 Å². The molecule has 5 nitrogen and oxygen atoms in total. The van der Waals surface area contributed by atoms with Crippen molar-refractivity contribution in [2.45, 2.75) is 26.7 Å². The second kappa shape index (κ2) is 6.13. The molecule has 0 spiro atoms. The zero-order valence-corrected chi connectivity index (χ0v) is 13.0. The number of rotatable bonds is 3. The third-order valence-corrected chi connectivity index (χ3v) is 3.62. The zero-order valence-electron chi connectivity index (χ0n) is 13.0. The number of hydrogen-bond acceptors (Lipinski definition) is 4. The Morgan fingerprint density at radius 1 is 1.14 bits per heavy atom. The van der Waals surface area contributed by atoms with Gasteiger partial charge in [-0.3, -0.25) is 4.79 Å². The summed E-state index contributed by atoms with van der Waals surface area (Å²) < 4.78 is 0. The Balaban J connectivity index is 2.02. The number of carbonyl (C=O) groups is 1. The smallest absolute Gasteiger partial charge is 0.249 e. The van der Waals surface area contributed by atoms with Crippen molar-refractivity contribution in [3.63, 3.8) is 0 Å². The van der Waals surface area contributed by atoms with Crippen LogP contribution >= 0.6 is 0 Å². The molecule has 0 saturated carbocycles. The fourth-order valence-corrected chi connectivity index (χ4v) is 2.64. The third-order valence-electron chi connectivity index (χ3n) is 3.62. The van der Waals surface area contributed by atoms with Crippen LogP contribution in [-0.4, -0.2) is 29.0 Å². The maximum Gasteiger partial charge on any atom is 0.249 e. The van der Waals surface area contributed by atoms with Crippen molar-refractivity contribution in [2.75, 3.05) is 23.3 Å². The number of benzene rings is 1. The van der Waals surface area contributed by atoms with Crippen molar-refractivity contribution in [1.82, 2.24) is 9.97 Å². The van der Waals surface area contributed by atoms with Gasteiger partial charge in [0.1, 0.15) is 0 Å². The fraction of sp³-hybridized carbons (Fsp3) is 0.353. The number of fused-ring (bicyclic) bond motifs is 1. The van der Waals surface area contributed by atoms with E-state index in [9.17, 15) is 4.79 Å². The number of nitrogens with zero attached hydrogens (tertiary/aromatic N) is 3. The van der Waals surface area contributed by atoms with Crippen LogP contribution in [0.2, 0.25) is 0 Å². The van der Waals surface area contributed by atoms with E-state index in [-0.39, 0.29) is 5.91 Å². The predicted octanol–water partition coefficient (Wildman–Crippen LogP) is 3.13. The number of anilines is 2. The van der Waals surface area contributed by atoms with Gasteiger partial charge in [-0.2, -0.15) is 0 Å². The van der Waals surface area contributed by atoms with Gasteiger partial charge in [0.25, 0.3) is 0 Å². The molecule has 5 heteroatoms. The van der Waals surface area contributed by atoms with Gasteiger partial charge < -0.3 is 10.2 Å². The van der Waals surface area contributed by atoms with Crippen LogP contribution < -0.4 is 10.2 Å².